The first-order valence-corrected chi connectivity index (χ1v) is 8.77. The summed E-state index contributed by atoms with van der Waals surface area (Å²) in [6, 6.07) is -0.587. The number of alkyl halides is 3. The third kappa shape index (κ3) is 4.43. The number of nitrogens with one attached hydrogen (secondary N) is 2. The van der Waals surface area contributed by atoms with Gasteiger partial charge in [0.25, 0.3) is 10.0 Å². The summed E-state index contributed by atoms with van der Waals surface area (Å²) in [4.78, 5) is 1.25. The van der Waals surface area contributed by atoms with Crippen molar-refractivity contribution in [2.24, 2.45) is 0 Å². The molecule has 2 N–H and O–H groups in total. The molecule has 0 spiro atoms. The van der Waals surface area contributed by atoms with Crippen LogP contribution in [-0.4, -0.2) is 68.0 Å². The molecule has 1 atom stereocenters. The Hall–Kier alpha value is -1.17. The van der Waals surface area contributed by atoms with E-state index in [1.807, 2.05) is 0 Å². The topological polar surface area (TPSA) is 79.3 Å². The lowest BCUT2D eigenvalue weighted by Crippen LogP contribution is -2.57. The number of hydrogen-bond acceptors (Lipinski definition) is 5. The molecule has 1 fully saturated rings. The molecule has 1 aromatic heterocycles. The molecule has 1 aliphatic rings. The summed E-state index contributed by atoms with van der Waals surface area (Å²) in [7, 11) is -4.05. The molecule has 11 heteroatoms. The van der Waals surface area contributed by atoms with Gasteiger partial charge in [0.15, 0.2) is 5.03 Å². The first-order valence-electron chi connectivity index (χ1n) is 7.28. The molecule has 1 aromatic rings. The highest BCUT2D eigenvalue weighted by Crippen LogP contribution is 2.25. The Morgan fingerprint density at radius 1 is 1.39 bits per heavy atom. The van der Waals surface area contributed by atoms with Crippen LogP contribution < -0.4 is 10.0 Å². The summed E-state index contributed by atoms with van der Waals surface area (Å²) in [6.45, 7) is 2.62. The standard InChI is InChI=1S/C12H20F3N5O2S/c1-2-20-11(3-4-17-20)23(21,22)18-9-10(12(13,14)15)19-7-5-16-6-8-19/h3-4,10,16,18H,2,5-9H2,1H3. The van der Waals surface area contributed by atoms with Crippen LogP contribution in [0.1, 0.15) is 6.92 Å². The summed E-state index contributed by atoms with van der Waals surface area (Å²) < 4.78 is 67.5. The van der Waals surface area contributed by atoms with Gasteiger partial charge in [-0.25, -0.2) is 13.1 Å². The van der Waals surface area contributed by atoms with Gasteiger partial charge in [0.2, 0.25) is 0 Å². The molecule has 23 heavy (non-hydrogen) atoms. The zero-order chi connectivity index (χ0) is 17.1. The van der Waals surface area contributed by atoms with E-state index >= 15 is 0 Å². The first-order chi connectivity index (χ1) is 10.8. The predicted molar refractivity (Wildman–Crippen MR) is 77.4 cm³/mol. The molecule has 0 aliphatic carbocycles. The molecule has 0 bridgehead atoms. The van der Waals surface area contributed by atoms with Crippen LogP contribution in [0.25, 0.3) is 0 Å². The number of hydrogen-bond donors (Lipinski definition) is 2. The van der Waals surface area contributed by atoms with Gasteiger partial charge in [0, 0.05) is 39.3 Å². The van der Waals surface area contributed by atoms with E-state index in [-0.39, 0.29) is 18.1 Å². The fourth-order valence-corrected chi connectivity index (χ4v) is 3.71. The molecule has 132 valence electrons. The second kappa shape index (κ2) is 7.16. The van der Waals surface area contributed by atoms with Crippen LogP contribution in [0.5, 0.6) is 0 Å². The molecule has 0 saturated carbocycles. The summed E-state index contributed by atoms with van der Waals surface area (Å²) in [5.74, 6) is 0. The van der Waals surface area contributed by atoms with Gasteiger partial charge in [-0.15, -0.1) is 0 Å². The highest BCUT2D eigenvalue weighted by Gasteiger charge is 2.44. The summed E-state index contributed by atoms with van der Waals surface area (Å²) in [5, 5.41) is 6.66. The largest absolute Gasteiger partial charge is 0.405 e. The number of nitrogens with zero attached hydrogens (tertiary/aromatic N) is 3. The van der Waals surface area contributed by atoms with Crippen molar-refractivity contribution < 1.29 is 21.6 Å². The molecular weight excluding hydrogens is 335 g/mol. The van der Waals surface area contributed by atoms with Crippen LogP contribution in [0.3, 0.4) is 0 Å². The van der Waals surface area contributed by atoms with Gasteiger partial charge >= 0.3 is 6.18 Å². The molecule has 1 aliphatic heterocycles. The zero-order valence-corrected chi connectivity index (χ0v) is 13.5. The number of aromatic nitrogens is 2. The Kier molecular flexibility index (Phi) is 5.65. The van der Waals surface area contributed by atoms with Gasteiger partial charge in [-0.2, -0.15) is 18.3 Å². The number of aryl methyl sites for hydroxylation is 1. The SMILES string of the molecule is CCn1nccc1S(=O)(=O)NCC(N1CCNCC1)C(F)(F)F. The van der Waals surface area contributed by atoms with Crippen LogP contribution in [0, 0.1) is 0 Å². The second-order valence-corrected chi connectivity index (χ2v) is 6.89. The normalized spacial score (nSPS) is 19.0. The van der Waals surface area contributed by atoms with Crippen molar-refractivity contribution in [2.75, 3.05) is 32.7 Å². The fraction of sp³-hybridized carbons (Fsp3) is 0.750. The minimum atomic E-state index is -4.51. The maximum absolute atomic E-state index is 13.3. The molecule has 7 nitrogen and oxygen atoms in total. The number of rotatable bonds is 6. The number of halogens is 3. The number of sulfonamides is 1. The van der Waals surface area contributed by atoms with E-state index in [2.05, 4.69) is 15.1 Å². The fourth-order valence-electron chi connectivity index (χ4n) is 2.49. The maximum atomic E-state index is 13.3. The molecule has 1 unspecified atom stereocenters. The zero-order valence-electron chi connectivity index (χ0n) is 12.7. The molecule has 2 rings (SSSR count). The number of piperazine rings is 1. The Morgan fingerprint density at radius 3 is 2.61 bits per heavy atom. The lowest BCUT2D eigenvalue weighted by atomic mass is 10.2. The highest BCUT2D eigenvalue weighted by molar-refractivity contribution is 7.89. The average molecular weight is 355 g/mol. The predicted octanol–water partition coefficient (Wildman–Crippen LogP) is 0.0174. The van der Waals surface area contributed by atoms with Crippen LogP contribution in [0.15, 0.2) is 17.3 Å². The van der Waals surface area contributed by atoms with Crippen LogP contribution in [0.2, 0.25) is 0 Å². The van der Waals surface area contributed by atoms with Crippen LogP contribution in [-0.2, 0) is 16.6 Å². The van der Waals surface area contributed by atoms with E-state index < -0.39 is 28.8 Å². The summed E-state index contributed by atoms with van der Waals surface area (Å²) in [5.41, 5.74) is 0. The van der Waals surface area contributed by atoms with Crippen molar-refractivity contribution in [3.8, 4) is 0 Å². The molecule has 1 saturated heterocycles. The maximum Gasteiger partial charge on any atom is 0.405 e. The summed E-state index contributed by atoms with van der Waals surface area (Å²) in [6.07, 6.45) is -3.21. The smallest absolute Gasteiger partial charge is 0.314 e. The van der Waals surface area contributed by atoms with Gasteiger partial charge in [0.1, 0.15) is 6.04 Å². The lowest BCUT2D eigenvalue weighted by Gasteiger charge is -2.35. The van der Waals surface area contributed by atoms with Gasteiger partial charge in [-0.1, -0.05) is 0 Å². The quantitative estimate of drug-likeness (QED) is 0.752. The Bertz CT molecular complexity index is 610. The van der Waals surface area contributed by atoms with Gasteiger partial charge in [-0.05, 0) is 13.0 Å². The summed E-state index contributed by atoms with van der Waals surface area (Å²) >= 11 is 0. The van der Waals surface area contributed by atoms with Crippen molar-refractivity contribution in [3.05, 3.63) is 12.3 Å². The van der Waals surface area contributed by atoms with Gasteiger partial charge < -0.3 is 5.32 Å². The van der Waals surface area contributed by atoms with Crippen LogP contribution in [0.4, 0.5) is 13.2 Å². The third-order valence-corrected chi connectivity index (χ3v) is 5.13. The van der Waals surface area contributed by atoms with Gasteiger partial charge in [0.05, 0.1) is 6.20 Å². The van der Waals surface area contributed by atoms with E-state index in [4.69, 9.17) is 0 Å². The van der Waals surface area contributed by atoms with E-state index in [9.17, 15) is 21.6 Å². The molecule has 0 aromatic carbocycles. The van der Waals surface area contributed by atoms with Crippen molar-refractivity contribution >= 4 is 10.0 Å². The Labute approximate surface area is 132 Å². The molecule has 0 radical (unpaired) electrons. The second-order valence-electron chi connectivity index (χ2n) is 5.18. The minimum Gasteiger partial charge on any atom is -0.314 e. The van der Waals surface area contributed by atoms with E-state index in [1.54, 1.807) is 6.92 Å². The Morgan fingerprint density at radius 2 is 2.04 bits per heavy atom. The first kappa shape index (κ1) is 18.2. The third-order valence-electron chi connectivity index (χ3n) is 3.69. The van der Waals surface area contributed by atoms with Gasteiger partial charge in [-0.3, -0.25) is 9.58 Å². The molecular formula is C12H20F3N5O2S. The van der Waals surface area contributed by atoms with E-state index in [0.717, 1.165) is 0 Å². The Balaban J connectivity index is 2.11. The van der Waals surface area contributed by atoms with Crippen molar-refractivity contribution in [1.29, 1.82) is 0 Å². The van der Waals surface area contributed by atoms with E-state index in [0.29, 0.717) is 19.6 Å². The van der Waals surface area contributed by atoms with E-state index in [1.165, 1.54) is 21.8 Å². The molecule has 2 heterocycles. The van der Waals surface area contributed by atoms with Crippen molar-refractivity contribution in [2.45, 2.75) is 30.7 Å². The monoisotopic (exact) mass is 355 g/mol. The van der Waals surface area contributed by atoms with Crippen molar-refractivity contribution in [1.82, 2.24) is 24.7 Å². The van der Waals surface area contributed by atoms with Crippen molar-refractivity contribution in [3.63, 3.8) is 0 Å². The molecule has 0 amide bonds. The highest BCUT2D eigenvalue weighted by atomic mass is 32.2. The average Bonchev–Trinajstić information content (AvgIpc) is 2.96. The lowest BCUT2D eigenvalue weighted by molar-refractivity contribution is -0.182. The van der Waals surface area contributed by atoms with Crippen LogP contribution >= 0.6 is 0 Å². The minimum absolute atomic E-state index is 0.138.